The minimum Gasteiger partial charge on any atom is -0.598 e. The molecule has 4 nitrogen and oxygen atoms in total. The van der Waals surface area contributed by atoms with Crippen LogP contribution in [0.3, 0.4) is 0 Å². The molecule has 0 bridgehead atoms. The number of fused-ring (bicyclic) bond motifs is 1. The van der Waals surface area contributed by atoms with Crippen molar-refractivity contribution in [3.05, 3.63) is 30.0 Å². The lowest BCUT2D eigenvalue weighted by molar-refractivity contribution is 0.251. The van der Waals surface area contributed by atoms with E-state index in [2.05, 4.69) is 16.3 Å². The Balaban J connectivity index is 2.23. The fourth-order valence-corrected chi connectivity index (χ4v) is 2.68. The van der Waals surface area contributed by atoms with Gasteiger partial charge >= 0.3 is 0 Å². The van der Waals surface area contributed by atoms with Crippen molar-refractivity contribution in [1.29, 1.82) is 0 Å². The van der Waals surface area contributed by atoms with Crippen LogP contribution in [0.5, 0.6) is 5.88 Å². The molecule has 0 fully saturated rings. The van der Waals surface area contributed by atoms with Gasteiger partial charge in [0.05, 0.1) is 12.6 Å². The number of rotatable bonds is 3. The van der Waals surface area contributed by atoms with Crippen LogP contribution in [0.1, 0.15) is 44.4 Å². The molecule has 1 aliphatic rings. The number of nitrogens with one attached hydrogen (secondary N) is 1. The average molecular weight is 280 g/mol. The molecule has 0 spiro atoms. The second kappa shape index (κ2) is 5.53. The van der Waals surface area contributed by atoms with Crippen LogP contribution in [0.15, 0.2) is 18.8 Å². The van der Waals surface area contributed by atoms with Gasteiger partial charge in [0.25, 0.3) is 0 Å². The quantitative estimate of drug-likeness (QED) is 0.865. The third-order valence-electron chi connectivity index (χ3n) is 2.96. The Bertz CT molecular complexity index is 471. The fraction of sp³-hybridized carbons (Fsp3) is 0.500. The first-order valence-electron chi connectivity index (χ1n) is 6.35. The maximum atomic E-state index is 12.2. The molecule has 1 aliphatic heterocycles. The molecule has 0 aliphatic carbocycles. The predicted octanol–water partition coefficient (Wildman–Crippen LogP) is 2.60. The van der Waals surface area contributed by atoms with Gasteiger partial charge in [0.1, 0.15) is 4.75 Å². The lowest BCUT2D eigenvalue weighted by Crippen LogP contribution is -2.42. The van der Waals surface area contributed by atoms with E-state index < -0.39 is 11.4 Å². The summed E-state index contributed by atoms with van der Waals surface area (Å²) < 4.78 is 20.6. The van der Waals surface area contributed by atoms with Crippen LogP contribution >= 0.6 is 0 Å². The molecule has 0 saturated carbocycles. The topological polar surface area (TPSA) is 57.2 Å². The van der Waals surface area contributed by atoms with Gasteiger partial charge in [0.15, 0.2) is 0 Å². The molecule has 1 N–H and O–H groups in total. The van der Waals surface area contributed by atoms with Crippen molar-refractivity contribution in [3.8, 4) is 5.88 Å². The fourth-order valence-electron chi connectivity index (χ4n) is 1.83. The summed E-state index contributed by atoms with van der Waals surface area (Å²) in [6.07, 6.45) is 4.27. The maximum absolute atomic E-state index is 12.2. The molecular weight excluding hydrogens is 260 g/mol. The molecule has 5 heteroatoms. The first-order valence-corrected chi connectivity index (χ1v) is 7.50. The normalized spacial score (nSPS) is 20.3. The van der Waals surface area contributed by atoms with Crippen LogP contribution in [0.2, 0.25) is 0 Å². The molecule has 2 rings (SSSR count). The number of aromatic nitrogens is 1. The minimum absolute atomic E-state index is 0.0104. The van der Waals surface area contributed by atoms with Gasteiger partial charge in [-0.3, -0.25) is 0 Å². The Labute approximate surface area is 117 Å². The largest absolute Gasteiger partial charge is 0.598 e. The van der Waals surface area contributed by atoms with Gasteiger partial charge in [0, 0.05) is 29.5 Å². The monoisotopic (exact) mass is 280 g/mol. The number of nitrogens with zero attached hydrogens (tertiary/aromatic N) is 1. The Kier molecular flexibility index (Phi) is 4.18. The van der Waals surface area contributed by atoms with E-state index in [4.69, 9.17) is 4.74 Å². The van der Waals surface area contributed by atoms with Gasteiger partial charge in [-0.15, -0.1) is 4.72 Å². The molecule has 2 atom stereocenters. The van der Waals surface area contributed by atoms with Crippen molar-refractivity contribution < 1.29 is 9.29 Å². The van der Waals surface area contributed by atoms with Crippen LogP contribution in [-0.4, -0.2) is 20.9 Å². The summed E-state index contributed by atoms with van der Waals surface area (Å²) in [4.78, 5) is 4.28. The van der Waals surface area contributed by atoms with Gasteiger partial charge in [-0.1, -0.05) is 12.7 Å². The van der Waals surface area contributed by atoms with E-state index in [0.29, 0.717) is 12.5 Å². The van der Waals surface area contributed by atoms with Gasteiger partial charge in [-0.25, -0.2) is 4.98 Å². The molecule has 0 radical (unpaired) electrons. The first-order chi connectivity index (χ1) is 8.91. The standard InChI is InChI=1S/C14H20N2O2S/c1-5-10-8-11-12(16-19(17)14(2,3)4)6-7-18-13(11)15-9-10/h5,8-9,12,16H,1,6-7H2,2-4H3/t12-,19+/m0/s1. The van der Waals surface area contributed by atoms with Gasteiger partial charge in [-0.2, -0.15) is 0 Å². The van der Waals surface area contributed by atoms with E-state index in [1.165, 1.54) is 0 Å². The van der Waals surface area contributed by atoms with Crippen LogP contribution in [0, 0.1) is 0 Å². The lowest BCUT2D eigenvalue weighted by Gasteiger charge is -2.30. The zero-order valence-electron chi connectivity index (χ0n) is 11.6. The van der Waals surface area contributed by atoms with E-state index >= 15 is 0 Å². The van der Waals surface area contributed by atoms with Gasteiger partial charge in [-0.05, 0) is 32.4 Å². The smallest absolute Gasteiger partial charge is 0.218 e. The highest BCUT2D eigenvalue weighted by Gasteiger charge is 2.32. The second-order valence-electron chi connectivity index (χ2n) is 5.56. The van der Waals surface area contributed by atoms with E-state index in [1.54, 1.807) is 12.3 Å². The third kappa shape index (κ3) is 3.29. The number of pyridine rings is 1. The van der Waals surface area contributed by atoms with E-state index in [0.717, 1.165) is 17.5 Å². The summed E-state index contributed by atoms with van der Waals surface area (Å²) >= 11 is -1.11. The molecule has 1 aromatic heterocycles. The Hall–Kier alpha value is -1.04. The molecule has 0 aromatic carbocycles. The zero-order valence-corrected chi connectivity index (χ0v) is 12.4. The van der Waals surface area contributed by atoms with Crippen LogP contribution < -0.4 is 9.46 Å². The molecule has 104 valence electrons. The number of hydrogen-bond donors (Lipinski definition) is 1. The summed E-state index contributed by atoms with van der Waals surface area (Å²) in [5.74, 6) is 0.625. The summed E-state index contributed by atoms with van der Waals surface area (Å²) in [5.41, 5.74) is 1.90. The van der Waals surface area contributed by atoms with Gasteiger partial charge < -0.3 is 9.29 Å². The second-order valence-corrected chi connectivity index (χ2v) is 7.55. The summed E-state index contributed by atoms with van der Waals surface area (Å²) in [6.45, 7) is 10.2. The van der Waals surface area contributed by atoms with Crippen molar-refractivity contribution in [1.82, 2.24) is 9.71 Å². The third-order valence-corrected chi connectivity index (χ3v) is 4.57. The van der Waals surface area contributed by atoms with Crippen molar-refractivity contribution in [3.63, 3.8) is 0 Å². The number of ether oxygens (including phenoxy) is 1. The molecular formula is C14H20N2O2S. The maximum Gasteiger partial charge on any atom is 0.218 e. The minimum atomic E-state index is -1.11. The Morgan fingerprint density at radius 2 is 2.32 bits per heavy atom. The molecule has 0 saturated heterocycles. The Morgan fingerprint density at radius 3 is 2.95 bits per heavy atom. The summed E-state index contributed by atoms with van der Waals surface area (Å²) in [6, 6.07) is 2.00. The van der Waals surface area contributed by atoms with Crippen molar-refractivity contribution in [2.75, 3.05) is 6.61 Å². The molecule has 1 aromatic rings. The molecule has 2 heterocycles. The van der Waals surface area contributed by atoms with Crippen LogP contribution in [0.25, 0.3) is 6.08 Å². The van der Waals surface area contributed by atoms with Crippen molar-refractivity contribution >= 4 is 17.4 Å². The highest BCUT2D eigenvalue weighted by molar-refractivity contribution is 7.90. The lowest BCUT2D eigenvalue weighted by atomic mass is 10.0. The molecule has 19 heavy (non-hydrogen) atoms. The Morgan fingerprint density at radius 1 is 1.58 bits per heavy atom. The molecule has 0 unspecified atom stereocenters. The van der Waals surface area contributed by atoms with Crippen molar-refractivity contribution in [2.45, 2.75) is 38.0 Å². The summed E-state index contributed by atoms with van der Waals surface area (Å²) in [7, 11) is 0. The molecule has 0 amide bonds. The van der Waals surface area contributed by atoms with E-state index in [1.807, 2.05) is 26.8 Å². The van der Waals surface area contributed by atoms with Crippen LogP contribution in [-0.2, 0) is 11.4 Å². The first kappa shape index (κ1) is 14.4. The summed E-state index contributed by atoms with van der Waals surface area (Å²) in [5, 5.41) is 0. The zero-order chi connectivity index (χ0) is 14.0. The average Bonchev–Trinajstić information content (AvgIpc) is 2.37. The van der Waals surface area contributed by atoms with Crippen molar-refractivity contribution in [2.24, 2.45) is 0 Å². The number of hydrogen-bond acceptors (Lipinski definition) is 4. The van der Waals surface area contributed by atoms with Gasteiger partial charge in [0.2, 0.25) is 5.88 Å². The van der Waals surface area contributed by atoms with E-state index in [-0.39, 0.29) is 10.8 Å². The highest BCUT2D eigenvalue weighted by atomic mass is 32.2. The predicted molar refractivity (Wildman–Crippen MR) is 78.2 cm³/mol. The SMILES string of the molecule is C=Cc1cnc2c(c1)[C@@H](N[S@+]([O-])C(C)(C)C)CCO2. The highest BCUT2D eigenvalue weighted by Crippen LogP contribution is 2.32. The van der Waals surface area contributed by atoms with Crippen LogP contribution in [0.4, 0.5) is 0 Å². The van der Waals surface area contributed by atoms with E-state index in [9.17, 15) is 4.55 Å².